The van der Waals surface area contributed by atoms with Crippen LogP contribution < -0.4 is 14.4 Å². The fourth-order valence-electron chi connectivity index (χ4n) is 2.34. The van der Waals surface area contributed by atoms with E-state index in [1.165, 1.54) is 0 Å². The van der Waals surface area contributed by atoms with Crippen LogP contribution in [0.5, 0.6) is 11.5 Å². The Bertz CT molecular complexity index is 478. The molecule has 110 valence electrons. The SMILES string of the molecule is CCOc1ccc(N2CC(CBr)CC2=O)cc1OCC. The molecule has 1 aliphatic heterocycles. The average Bonchev–Trinajstić information content (AvgIpc) is 2.82. The van der Waals surface area contributed by atoms with Crippen molar-refractivity contribution in [3.63, 3.8) is 0 Å². The van der Waals surface area contributed by atoms with Crippen molar-refractivity contribution in [3.05, 3.63) is 18.2 Å². The molecule has 2 rings (SSSR count). The molecular formula is C15H20BrNO3. The predicted octanol–water partition coefficient (Wildman–Crippen LogP) is 3.23. The first-order chi connectivity index (χ1) is 9.69. The van der Waals surface area contributed by atoms with Crippen molar-refractivity contribution in [2.24, 2.45) is 5.92 Å². The number of amides is 1. The lowest BCUT2D eigenvalue weighted by molar-refractivity contribution is -0.117. The number of hydrogen-bond donors (Lipinski definition) is 0. The third-order valence-corrected chi connectivity index (χ3v) is 4.18. The van der Waals surface area contributed by atoms with Gasteiger partial charge in [0.05, 0.1) is 13.2 Å². The van der Waals surface area contributed by atoms with E-state index >= 15 is 0 Å². The molecule has 1 fully saturated rings. The van der Waals surface area contributed by atoms with E-state index in [9.17, 15) is 4.79 Å². The fourth-order valence-corrected chi connectivity index (χ4v) is 2.78. The Balaban J connectivity index is 2.24. The molecule has 5 heteroatoms. The summed E-state index contributed by atoms with van der Waals surface area (Å²) in [7, 11) is 0. The maximum absolute atomic E-state index is 12.1. The average molecular weight is 342 g/mol. The van der Waals surface area contributed by atoms with Crippen LogP contribution in [0.15, 0.2) is 18.2 Å². The van der Waals surface area contributed by atoms with Crippen molar-refractivity contribution in [1.82, 2.24) is 0 Å². The summed E-state index contributed by atoms with van der Waals surface area (Å²) in [5.41, 5.74) is 0.880. The lowest BCUT2D eigenvalue weighted by Crippen LogP contribution is -2.24. The zero-order chi connectivity index (χ0) is 14.5. The summed E-state index contributed by atoms with van der Waals surface area (Å²) in [6.45, 7) is 5.79. The highest BCUT2D eigenvalue weighted by molar-refractivity contribution is 9.09. The van der Waals surface area contributed by atoms with Crippen molar-refractivity contribution in [3.8, 4) is 11.5 Å². The fraction of sp³-hybridized carbons (Fsp3) is 0.533. The Kier molecular flexibility index (Phi) is 5.29. The summed E-state index contributed by atoms with van der Waals surface area (Å²) in [4.78, 5) is 13.9. The van der Waals surface area contributed by atoms with Crippen LogP contribution in [0.2, 0.25) is 0 Å². The number of anilines is 1. The van der Waals surface area contributed by atoms with Crippen LogP contribution in [0, 0.1) is 5.92 Å². The van der Waals surface area contributed by atoms with E-state index in [4.69, 9.17) is 9.47 Å². The van der Waals surface area contributed by atoms with Crippen molar-refractivity contribution >= 4 is 27.5 Å². The van der Waals surface area contributed by atoms with Gasteiger partial charge < -0.3 is 14.4 Å². The Labute approximate surface area is 128 Å². The number of rotatable bonds is 6. The third-order valence-electron chi connectivity index (χ3n) is 3.26. The molecule has 1 amide bonds. The van der Waals surface area contributed by atoms with Gasteiger partial charge in [0, 0.05) is 30.0 Å². The van der Waals surface area contributed by atoms with Crippen molar-refractivity contribution < 1.29 is 14.3 Å². The van der Waals surface area contributed by atoms with Crippen molar-refractivity contribution in [2.45, 2.75) is 20.3 Å². The molecule has 1 aromatic rings. The summed E-state index contributed by atoms with van der Waals surface area (Å²) >= 11 is 3.45. The summed E-state index contributed by atoms with van der Waals surface area (Å²) in [5.74, 6) is 1.97. The van der Waals surface area contributed by atoms with Gasteiger partial charge in [-0.05, 0) is 31.9 Å². The molecule has 4 nitrogen and oxygen atoms in total. The minimum absolute atomic E-state index is 0.168. The molecule has 0 saturated carbocycles. The van der Waals surface area contributed by atoms with Gasteiger partial charge in [0.1, 0.15) is 0 Å². The first-order valence-electron chi connectivity index (χ1n) is 6.95. The molecule has 20 heavy (non-hydrogen) atoms. The molecule has 0 bridgehead atoms. The van der Waals surface area contributed by atoms with Crippen molar-refractivity contribution in [1.29, 1.82) is 0 Å². The maximum atomic E-state index is 12.1. The highest BCUT2D eigenvalue weighted by Gasteiger charge is 2.30. The van der Waals surface area contributed by atoms with E-state index in [1.807, 2.05) is 36.9 Å². The van der Waals surface area contributed by atoms with Gasteiger partial charge in [-0.2, -0.15) is 0 Å². The smallest absolute Gasteiger partial charge is 0.227 e. The second kappa shape index (κ2) is 6.97. The van der Waals surface area contributed by atoms with Crippen LogP contribution >= 0.6 is 15.9 Å². The van der Waals surface area contributed by atoms with Gasteiger partial charge in [-0.3, -0.25) is 4.79 Å². The van der Waals surface area contributed by atoms with Gasteiger partial charge in [-0.25, -0.2) is 0 Å². The minimum Gasteiger partial charge on any atom is -0.490 e. The number of carbonyl (C=O) groups excluding carboxylic acids is 1. The van der Waals surface area contributed by atoms with Crippen LogP contribution in [0.3, 0.4) is 0 Å². The minimum atomic E-state index is 0.168. The van der Waals surface area contributed by atoms with E-state index in [0.717, 1.165) is 23.3 Å². The molecule has 1 unspecified atom stereocenters. The highest BCUT2D eigenvalue weighted by atomic mass is 79.9. The van der Waals surface area contributed by atoms with Crippen LogP contribution in [-0.4, -0.2) is 31.0 Å². The number of alkyl halides is 1. The molecule has 0 spiro atoms. The molecule has 0 N–H and O–H groups in total. The van der Waals surface area contributed by atoms with E-state index in [2.05, 4.69) is 15.9 Å². The quantitative estimate of drug-likeness (QED) is 0.745. The number of ether oxygens (including phenoxy) is 2. The highest BCUT2D eigenvalue weighted by Crippen LogP contribution is 2.34. The summed E-state index contributed by atoms with van der Waals surface area (Å²) in [5, 5.41) is 0.852. The largest absolute Gasteiger partial charge is 0.490 e. The van der Waals surface area contributed by atoms with Crippen LogP contribution in [0.1, 0.15) is 20.3 Å². The number of benzene rings is 1. The predicted molar refractivity (Wildman–Crippen MR) is 83.0 cm³/mol. The monoisotopic (exact) mass is 341 g/mol. The number of halogens is 1. The second-order valence-electron chi connectivity index (χ2n) is 4.73. The Morgan fingerprint density at radius 3 is 2.55 bits per heavy atom. The van der Waals surface area contributed by atoms with Gasteiger partial charge in [-0.15, -0.1) is 0 Å². The lowest BCUT2D eigenvalue weighted by Gasteiger charge is -2.19. The maximum Gasteiger partial charge on any atom is 0.227 e. The van der Waals surface area contributed by atoms with E-state index in [-0.39, 0.29) is 5.91 Å². The topological polar surface area (TPSA) is 38.8 Å². The first kappa shape index (κ1) is 15.2. The molecule has 1 aliphatic rings. The third kappa shape index (κ3) is 3.26. The Hall–Kier alpha value is -1.23. The molecular weight excluding hydrogens is 322 g/mol. The second-order valence-corrected chi connectivity index (χ2v) is 5.37. The van der Waals surface area contributed by atoms with Crippen LogP contribution in [0.4, 0.5) is 5.69 Å². The zero-order valence-electron chi connectivity index (χ0n) is 11.9. The number of hydrogen-bond acceptors (Lipinski definition) is 3. The summed E-state index contributed by atoms with van der Waals surface area (Å²) in [6, 6.07) is 5.68. The normalized spacial score (nSPS) is 18.4. The Morgan fingerprint density at radius 1 is 1.25 bits per heavy atom. The van der Waals surface area contributed by atoms with E-state index in [1.54, 1.807) is 0 Å². The summed E-state index contributed by atoms with van der Waals surface area (Å²) in [6.07, 6.45) is 0.600. The van der Waals surface area contributed by atoms with Crippen molar-refractivity contribution in [2.75, 3.05) is 30.0 Å². The molecule has 0 aromatic heterocycles. The van der Waals surface area contributed by atoms with E-state index < -0.39 is 0 Å². The molecule has 0 aliphatic carbocycles. The molecule has 0 radical (unpaired) electrons. The molecule has 1 saturated heterocycles. The number of carbonyl (C=O) groups is 1. The zero-order valence-corrected chi connectivity index (χ0v) is 13.5. The number of nitrogens with zero attached hydrogens (tertiary/aromatic N) is 1. The first-order valence-corrected chi connectivity index (χ1v) is 8.07. The van der Waals surface area contributed by atoms with Gasteiger partial charge in [0.15, 0.2) is 11.5 Å². The molecule has 1 atom stereocenters. The van der Waals surface area contributed by atoms with E-state index in [0.29, 0.717) is 31.3 Å². The van der Waals surface area contributed by atoms with Crippen LogP contribution in [-0.2, 0) is 4.79 Å². The van der Waals surface area contributed by atoms with Gasteiger partial charge >= 0.3 is 0 Å². The van der Waals surface area contributed by atoms with Gasteiger partial charge in [0.2, 0.25) is 5.91 Å². The van der Waals surface area contributed by atoms with Crippen LogP contribution in [0.25, 0.3) is 0 Å². The summed E-state index contributed by atoms with van der Waals surface area (Å²) < 4.78 is 11.1. The standard InChI is InChI=1S/C15H20BrNO3/c1-3-19-13-6-5-12(8-14(13)20-4-2)17-10-11(9-16)7-15(17)18/h5-6,8,11H,3-4,7,9-10H2,1-2H3. The Morgan fingerprint density at radius 2 is 1.95 bits per heavy atom. The molecule has 1 aromatic carbocycles. The lowest BCUT2D eigenvalue weighted by atomic mass is 10.2. The van der Waals surface area contributed by atoms with Gasteiger partial charge in [-0.1, -0.05) is 15.9 Å². The van der Waals surface area contributed by atoms with Gasteiger partial charge in [0.25, 0.3) is 0 Å². The molecule has 1 heterocycles.